The highest BCUT2D eigenvalue weighted by atomic mass is 31.2. The van der Waals surface area contributed by atoms with Gasteiger partial charge in [0.15, 0.2) is 25.0 Å². The molecule has 6 rings (SSSR count). The zero-order chi connectivity index (χ0) is 39.4. The van der Waals surface area contributed by atoms with E-state index < -0.39 is 51.8 Å². The molecule has 0 atom stereocenters. The highest BCUT2D eigenvalue weighted by molar-refractivity contribution is 7.77. The van der Waals surface area contributed by atoms with Crippen LogP contribution in [0.3, 0.4) is 0 Å². The van der Waals surface area contributed by atoms with Gasteiger partial charge in [0.05, 0.1) is 0 Å². The van der Waals surface area contributed by atoms with Crippen LogP contribution >= 0.6 is 22.1 Å². The van der Waals surface area contributed by atoms with Gasteiger partial charge >= 0.3 is 0 Å². The summed E-state index contributed by atoms with van der Waals surface area (Å²) in [7, 11) is -21.2. The van der Waals surface area contributed by atoms with Crippen LogP contribution in [0.25, 0.3) is 0 Å². The van der Waals surface area contributed by atoms with E-state index in [9.17, 15) is 0 Å². The molecular formula is C43H49O6P3Si3. The van der Waals surface area contributed by atoms with Crippen LogP contribution in [0.2, 0.25) is 44.1 Å². The maximum absolute atomic E-state index is 15.7. The van der Waals surface area contributed by atoms with E-state index >= 15 is 13.7 Å². The Kier molecular flexibility index (Phi) is 12.4. The summed E-state index contributed by atoms with van der Waals surface area (Å²) in [5.41, 5.74) is 0. The fourth-order valence-electron chi connectivity index (χ4n) is 8.17. The molecular weight excluding hydrogens is 790 g/mol. The van der Waals surface area contributed by atoms with E-state index in [4.69, 9.17) is 12.6 Å². The van der Waals surface area contributed by atoms with Crippen molar-refractivity contribution in [2.24, 2.45) is 0 Å². The Morgan fingerprint density at radius 3 is 0.600 bits per heavy atom. The second-order valence-corrected chi connectivity index (χ2v) is 36.9. The van der Waals surface area contributed by atoms with Crippen molar-refractivity contribution in [3.8, 4) is 0 Å². The molecule has 0 saturated carbocycles. The first-order chi connectivity index (χ1) is 26.1. The van der Waals surface area contributed by atoms with E-state index in [-0.39, 0.29) is 0 Å². The largest absolute Gasteiger partial charge is 0.364 e. The first-order valence-electron chi connectivity index (χ1n) is 18.4. The summed E-state index contributed by atoms with van der Waals surface area (Å²) in [6.07, 6.45) is 0. The van der Waals surface area contributed by atoms with Gasteiger partial charge in [0.25, 0.3) is 22.1 Å². The first-order valence-corrected chi connectivity index (χ1v) is 32.2. The average molecular weight is 839 g/mol. The van der Waals surface area contributed by atoms with Crippen molar-refractivity contribution in [2.75, 3.05) is 0 Å². The van der Waals surface area contributed by atoms with E-state index in [2.05, 4.69) is 39.3 Å². The zero-order valence-electron chi connectivity index (χ0n) is 32.2. The molecule has 0 aliphatic rings. The minimum atomic E-state index is -3.72. The molecule has 0 spiro atoms. The quantitative estimate of drug-likeness (QED) is 0.0758. The van der Waals surface area contributed by atoms with E-state index in [1.54, 1.807) is 0 Å². The summed E-state index contributed by atoms with van der Waals surface area (Å²) in [5.74, 6) is 0. The molecule has 55 heavy (non-hydrogen) atoms. The molecule has 0 bridgehead atoms. The predicted molar refractivity (Wildman–Crippen MR) is 239 cm³/mol. The molecule has 284 valence electrons. The summed E-state index contributed by atoms with van der Waals surface area (Å²) in [5, 5.41) is 3.50. The van der Waals surface area contributed by atoms with Crippen molar-refractivity contribution in [3.63, 3.8) is 0 Å². The molecule has 0 radical (unpaired) electrons. The van der Waals surface area contributed by atoms with Crippen LogP contribution in [0.15, 0.2) is 182 Å². The summed E-state index contributed by atoms with van der Waals surface area (Å²) in [4.78, 5) is -0.463. The molecule has 0 heterocycles. The lowest BCUT2D eigenvalue weighted by molar-refractivity contribution is 0.474. The third-order valence-electron chi connectivity index (χ3n) is 9.75. The van der Waals surface area contributed by atoms with E-state index in [1.165, 1.54) is 0 Å². The molecule has 6 aromatic carbocycles. The minimum absolute atomic E-state index is 0.463. The topological polar surface area (TPSA) is 78.9 Å². The van der Waals surface area contributed by atoms with Gasteiger partial charge in [-0.1, -0.05) is 109 Å². The molecule has 0 fully saturated rings. The lowest BCUT2D eigenvalue weighted by atomic mass is 10.4. The van der Waals surface area contributed by atoms with Crippen LogP contribution < -0.4 is 31.8 Å². The van der Waals surface area contributed by atoms with Crippen LogP contribution in [0.4, 0.5) is 0 Å². The van der Waals surface area contributed by atoms with Crippen molar-refractivity contribution in [3.05, 3.63) is 182 Å². The Bertz CT molecular complexity index is 1920. The van der Waals surface area contributed by atoms with E-state index in [1.807, 2.05) is 182 Å². The van der Waals surface area contributed by atoms with Crippen molar-refractivity contribution in [1.29, 1.82) is 0 Å². The van der Waals surface area contributed by atoms with Crippen LogP contribution in [0.5, 0.6) is 0 Å². The van der Waals surface area contributed by atoms with Crippen LogP contribution in [0, 0.1) is 0 Å². The summed E-state index contributed by atoms with van der Waals surface area (Å²) in [6, 6.07) is 56.0. The van der Waals surface area contributed by atoms with Crippen molar-refractivity contribution in [1.82, 2.24) is 0 Å². The Balaban J connectivity index is 1.56. The Morgan fingerprint density at radius 1 is 0.309 bits per heavy atom. The molecule has 0 aliphatic carbocycles. The highest BCUT2D eigenvalue weighted by Gasteiger charge is 2.61. The second-order valence-electron chi connectivity index (χ2n) is 15.2. The van der Waals surface area contributed by atoms with E-state index in [0.29, 0.717) is 31.8 Å². The first kappa shape index (κ1) is 41.2. The predicted octanol–water partition coefficient (Wildman–Crippen LogP) is 9.89. The van der Waals surface area contributed by atoms with Gasteiger partial charge in [-0.05, 0) is 112 Å². The van der Waals surface area contributed by atoms with Gasteiger partial charge in [-0.15, -0.1) is 0 Å². The lowest BCUT2D eigenvalue weighted by Crippen LogP contribution is -2.62. The van der Waals surface area contributed by atoms with Crippen LogP contribution in [-0.4, -0.2) is 25.0 Å². The van der Waals surface area contributed by atoms with Gasteiger partial charge in [-0.2, -0.15) is 0 Å². The Hall–Kier alpha value is -3.46. The fourth-order valence-corrected chi connectivity index (χ4v) is 47.1. The fraction of sp³-hybridized carbons (Fsp3) is 0.163. The second kappa shape index (κ2) is 16.6. The van der Waals surface area contributed by atoms with Gasteiger partial charge in [0.2, 0.25) is 0 Å². The smallest absolute Gasteiger partial charge is 0.251 e. The van der Waals surface area contributed by atoms with Crippen molar-refractivity contribution >= 4 is 78.9 Å². The average Bonchev–Trinajstić information content (AvgIpc) is 3.19. The van der Waals surface area contributed by atoms with Gasteiger partial charge in [-0.3, -0.25) is 13.7 Å². The third kappa shape index (κ3) is 8.77. The molecule has 12 heteroatoms. The maximum Gasteiger partial charge on any atom is 0.251 e. The number of hydrogen-bond donors (Lipinski definition) is 0. The van der Waals surface area contributed by atoms with Gasteiger partial charge in [-0.25, -0.2) is 0 Å². The Morgan fingerprint density at radius 2 is 0.455 bits per heavy atom. The van der Waals surface area contributed by atoms with Gasteiger partial charge < -0.3 is 12.6 Å². The molecule has 6 aromatic rings. The summed E-state index contributed by atoms with van der Waals surface area (Å²) in [6.45, 7) is 12.4. The van der Waals surface area contributed by atoms with Crippen LogP contribution in [-0.2, 0) is 26.3 Å². The Labute approximate surface area is 329 Å². The molecule has 0 aromatic heterocycles. The zero-order valence-corrected chi connectivity index (χ0v) is 37.9. The van der Waals surface area contributed by atoms with Crippen LogP contribution in [0.1, 0.15) is 0 Å². The lowest BCUT2D eigenvalue weighted by Gasteiger charge is -2.50. The minimum Gasteiger partial charge on any atom is -0.364 e. The van der Waals surface area contributed by atoms with Gasteiger partial charge in [0, 0.05) is 36.6 Å². The maximum atomic E-state index is 15.7. The summed E-state index contributed by atoms with van der Waals surface area (Å²) >= 11 is 0. The number of benzene rings is 6. The number of rotatable bonds is 15. The molecule has 0 aliphatic heterocycles. The number of hydrogen-bond acceptors (Lipinski definition) is 6. The highest BCUT2D eigenvalue weighted by Crippen LogP contribution is 2.59. The van der Waals surface area contributed by atoms with Crippen molar-refractivity contribution < 1.29 is 26.3 Å². The molecule has 0 unspecified atom stereocenters. The molecule has 6 nitrogen and oxygen atoms in total. The summed E-state index contributed by atoms with van der Waals surface area (Å²) < 4.78 is 69.0. The van der Waals surface area contributed by atoms with Gasteiger partial charge in [0.1, 0.15) is 0 Å². The molecule has 0 saturated heterocycles. The normalized spacial score (nSPS) is 13.1. The third-order valence-corrected chi connectivity index (χ3v) is 41.0. The van der Waals surface area contributed by atoms with Crippen molar-refractivity contribution in [2.45, 2.75) is 44.1 Å². The monoisotopic (exact) mass is 838 g/mol. The van der Waals surface area contributed by atoms with E-state index in [0.717, 1.165) is 0 Å². The molecule has 0 amide bonds. The molecule has 0 N–H and O–H groups in total. The SMILES string of the molecule is C[Si](C)(OP(=O)(c1ccccc1)c1ccccc1)C([Si](C)(C)OP(=O)(c1ccccc1)c1ccccc1)[Si](C)(C)OP(=O)(c1ccccc1)c1ccccc1. The standard InChI is InChI=1S/C43H49O6P3Si3/c1-53(2,47-50(44,37-25-13-7-14-26-37)38-27-15-8-16-28-38)43(54(3,4)48-51(45,39-29-17-9-18-30-39)40-31-19-10-20-32-40)55(5,6)49-52(46,41-33-21-11-22-34-41)42-35-23-12-24-36-42/h7-36,43H,1-6H3.